The molecule has 0 aliphatic rings. The molecule has 0 heterocycles. The first-order chi connectivity index (χ1) is 9.66. The number of aryl methyl sites for hydroxylation is 1. The summed E-state index contributed by atoms with van der Waals surface area (Å²) in [4.78, 5) is 13.7. The lowest BCUT2D eigenvalue weighted by Gasteiger charge is -2.17. The fraction of sp³-hybridized carbons (Fsp3) is 0.235. The highest BCUT2D eigenvalue weighted by atomic mass is 16.2. The second-order valence-electron chi connectivity index (χ2n) is 4.88. The highest BCUT2D eigenvalue weighted by molar-refractivity contribution is 5.94. The van der Waals surface area contributed by atoms with E-state index in [0.29, 0.717) is 13.1 Å². The largest absolute Gasteiger partial charge is 0.314 e. The second-order valence-corrected chi connectivity index (χ2v) is 4.88. The Morgan fingerprint density at radius 3 is 2.55 bits per heavy atom. The molecule has 2 rings (SSSR count). The minimum atomic E-state index is 0.0591. The molecule has 0 saturated heterocycles. The summed E-state index contributed by atoms with van der Waals surface area (Å²) < 4.78 is 0. The summed E-state index contributed by atoms with van der Waals surface area (Å²) in [6.45, 7) is 3.10. The Morgan fingerprint density at radius 1 is 1.10 bits per heavy atom. The molecular formula is C17H20N2O. The van der Waals surface area contributed by atoms with E-state index in [4.69, 9.17) is 0 Å². The zero-order chi connectivity index (χ0) is 14.4. The van der Waals surface area contributed by atoms with E-state index in [2.05, 4.69) is 30.4 Å². The van der Waals surface area contributed by atoms with E-state index < -0.39 is 0 Å². The average Bonchev–Trinajstić information content (AvgIpc) is 2.47. The van der Waals surface area contributed by atoms with E-state index in [0.717, 1.165) is 5.69 Å². The Morgan fingerprint density at radius 2 is 1.85 bits per heavy atom. The van der Waals surface area contributed by atoms with Crippen molar-refractivity contribution in [3.63, 3.8) is 0 Å². The topological polar surface area (TPSA) is 32.3 Å². The fourth-order valence-corrected chi connectivity index (χ4v) is 2.05. The van der Waals surface area contributed by atoms with Gasteiger partial charge in [-0.25, -0.2) is 0 Å². The van der Waals surface area contributed by atoms with Crippen molar-refractivity contribution in [2.75, 3.05) is 18.5 Å². The van der Waals surface area contributed by atoms with E-state index in [1.54, 1.807) is 11.9 Å². The SMILES string of the molecule is Cc1cccc(CNCC(=O)N(C)c2ccccc2)c1. The van der Waals surface area contributed by atoms with Gasteiger partial charge in [-0.15, -0.1) is 0 Å². The summed E-state index contributed by atoms with van der Waals surface area (Å²) in [7, 11) is 1.80. The molecule has 2 aromatic rings. The Labute approximate surface area is 120 Å². The molecule has 0 unspecified atom stereocenters. The molecule has 104 valence electrons. The van der Waals surface area contributed by atoms with E-state index in [-0.39, 0.29) is 5.91 Å². The Bertz CT molecular complexity index is 566. The first kappa shape index (κ1) is 14.3. The smallest absolute Gasteiger partial charge is 0.240 e. The van der Waals surface area contributed by atoms with Crippen LogP contribution in [0, 0.1) is 6.92 Å². The normalized spacial score (nSPS) is 10.3. The van der Waals surface area contributed by atoms with Gasteiger partial charge in [0.2, 0.25) is 5.91 Å². The molecular weight excluding hydrogens is 248 g/mol. The molecule has 2 aromatic carbocycles. The van der Waals surface area contributed by atoms with Crippen LogP contribution in [0.1, 0.15) is 11.1 Å². The summed E-state index contributed by atoms with van der Waals surface area (Å²) in [6, 6.07) is 17.9. The number of nitrogens with zero attached hydrogens (tertiary/aromatic N) is 1. The Hall–Kier alpha value is -2.13. The van der Waals surface area contributed by atoms with E-state index in [1.807, 2.05) is 36.4 Å². The number of hydrogen-bond acceptors (Lipinski definition) is 2. The van der Waals surface area contributed by atoms with Crippen molar-refractivity contribution in [1.29, 1.82) is 0 Å². The van der Waals surface area contributed by atoms with Gasteiger partial charge in [-0.3, -0.25) is 4.79 Å². The molecule has 0 aromatic heterocycles. The Balaban J connectivity index is 1.83. The summed E-state index contributed by atoms with van der Waals surface area (Å²) in [5.74, 6) is 0.0591. The van der Waals surface area contributed by atoms with Crippen LogP contribution in [0.2, 0.25) is 0 Å². The van der Waals surface area contributed by atoms with Crippen molar-refractivity contribution in [3.05, 3.63) is 65.7 Å². The highest BCUT2D eigenvalue weighted by Crippen LogP contribution is 2.10. The quantitative estimate of drug-likeness (QED) is 0.904. The molecule has 0 atom stereocenters. The minimum absolute atomic E-state index is 0.0591. The molecule has 0 spiro atoms. The van der Waals surface area contributed by atoms with E-state index in [1.165, 1.54) is 11.1 Å². The van der Waals surface area contributed by atoms with Crippen LogP contribution in [0.4, 0.5) is 5.69 Å². The van der Waals surface area contributed by atoms with E-state index in [9.17, 15) is 4.79 Å². The third kappa shape index (κ3) is 3.93. The lowest BCUT2D eigenvalue weighted by atomic mass is 10.1. The number of anilines is 1. The van der Waals surface area contributed by atoms with E-state index >= 15 is 0 Å². The molecule has 0 fully saturated rings. The zero-order valence-corrected chi connectivity index (χ0v) is 12.0. The monoisotopic (exact) mass is 268 g/mol. The first-order valence-electron chi connectivity index (χ1n) is 6.74. The average molecular weight is 268 g/mol. The number of likely N-dealkylation sites (N-methyl/N-ethyl adjacent to an activating group) is 1. The van der Waals surface area contributed by atoms with Gasteiger partial charge in [0.1, 0.15) is 0 Å². The third-order valence-electron chi connectivity index (χ3n) is 3.21. The second kappa shape index (κ2) is 6.87. The van der Waals surface area contributed by atoms with Crippen LogP contribution >= 0.6 is 0 Å². The molecule has 20 heavy (non-hydrogen) atoms. The van der Waals surface area contributed by atoms with Gasteiger partial charge in [-0.1, -0.05) is 48.0 Å². The molecule has 0 radical (unpaired) electrons. The number of hydrogen-bond donors (Lipinski definition) is 1. The minimum Gasteiger partial charge on any atom is -0.314 e. The van der Waals surface area contributed by atoms with Crippen molar-refractivity contribution >= 4 is 11.6 Å². The number of para-hydroxylation sites is 1. The van der Waals surface area contributed by atoms with Crippen molar-refractivity contribution in [2.24, 2.45) is 0 Å². The van der Waals surface area contributed by atoms with Gasteiger partial charge < -0.3 is 10.2 Å². The van der Waals surface area contributed by atoms with Crippen molar-refractivity contribution in [1.82, 2.24) is 5.32 Å². The molecule has 1 amide bonds. The standard InChI is InChI=1S/C17H20N2O/c1-14-7-6-8-15(11-14)12-18-13-17(20)19(2)16-9-4-3-5-10-16/h3-11,18H,12-13H2,1-2H3. The van der Waals surface area contributed by atoms with Crippen LogP contribution in [0.15, 0.2) is 54.6 Å². The van der Waals surface area contributed by atoms with Gasteiger partial charge in [0.05, 0.1) is 6.54 Å². The predicted octanol–water partition coefficient (Wildman–Crippen LogP) is 2.75. The first-order valence-corrected chi connectivity index (χ1v) is 6.74. The van der Waals surface area contributed by atoms with Gasteiger partial charge in [0.25, 0.3) is 0 Å². The molecule has 0 aliphatic heterocycles. The van der Waals surface area contributed by atoms with Crippen LogP contribution in [-0.2, 0) is 11.3 Å². The van der Waals surface area contributed by atoms with Crippen LogP contribution in [-0.4, -0.2) is 19.5 Å². The number of benzene rings is 2. The van der Waals surface area contributed by atoms with Crippen LogP contribution in [0.25, 0.3) is 0 Å². The number of nitrogens with one attached hydrogen (secondary N) is 1. The maximum absolute atomic E-state index is 12.1. The maximum atomic E-state index is 12.1. The molecule has 3 heteroatoms. The van der Waals surface area contributed by atoms with Gasteiger partial charge in [0.15, 0.2) is 0 Å². The summed E-state index contributed by atoms with van der Waals surface area (Å²) >= 11 is 0. The lowest BCUT2D eigenvalue weighted by molar-refractivity contribution is -0.117. The molecule has 0 saturated carbocycles. The van der Waals surface area contributed by atoms with Crippen molar-refractivity contribution < 1.29 is 4.79 Å². The zero-order valence-electron chi connectivity index (χ0n) is 12.0. The van der Waals surface area contributed by atoms with Crippen LogP contribution in [0.3, 0.4) is 0 Å². The lowest BCUT2D eigenvalue weighted by Crippen LogP contribution is -2.35. The molecule has 0 bridgehead atoms. The van der Waals surface area contributed by atoms with Gasteiger partial charge >= 0.3 is 0 Å². The summed E-state index contributed by atoms with van der Waals surface area (Å²) in [5.41, 5.74) is 3.34. The molecule has 3 nitrogen and oxygen atoms in total. The number of amides is 1. The number of carbonyl (C=O) groups excluding carboxylic acids is 1. The molecule has 1 N–H and O–H groups in total. The summed E-state index contributed by atoms with van der Waals surface area (Å²) in [6.07, 6.45) is 0. The van der Waals surface area contributed by atoms with Gasteiger partial charge in [0, 0.05) is 19.3 Å². The summed E-state index contributed by atoms with van der Waals surface area (Å²) in [5, 5.41) is 3.19. The number of rotatable bonds is 5. The maximum Gasteiger partial charge on any atom is 0.240 e. The number of carbonyl (C=O) groups is 1. The van der Waals surface area contributed by atoms with Crippen molar-refractivity contribution in [3.8, 4) is 0 Å². The Kier molecular flexibility index (Phi) is 4.91. The third-order valence-corrected chi connectivity index (χ3v) is 3.21. The molecule has 0 aliphatic carbocycles. The highest BCUT2D eigenvalue weighted by Gasteiger charge is 2.09. The van der Waals surface area contributed by atoms with Crippen LogP contribution in [0.5, 0.6) is 0 Å². The van der Waals surface area contributed by atoms with Crippen LogP contribution < -0.4 is 10.2 Å². The van der Waals surface area contributed by atoms with Crippen molar-refractivity contribution in [2.45, 2.75) is 13.5 Å². The van der Waals surface area contributed by atoms with Gasteiger partial charge in [-0.05, 0) is 24.6 Å². The fourth-order valence-electron chi connectivity index (χ4n) is 2.05. The van der Waals surface area contributed by atoms with Gasteiger partial charge in [-0.2, -0.15) is 0 Å². The predicted molar refractivity (Wildman–Crippen MR) is 82.7 cm³/mol.